The van der Waals surface area contributed by atoms with Gasteiger partial charge in [0, 0.05) is 29.9 Å². The number of nitrogens with zero attached hydrogens (tertiary/aromatic N) is 2. The predicted octanol–water partition coefficient (Wildman–Crippen LogP) is 5.97. The number of benzene rings is 2. The number of hydrogen-bond donors (Lipinski definition) is 0. The van der Waals surface area contributed by atoms with Crippen molar-refractivity contribution in [3.05, 3.63) is 64.8 Å². The van der Waals surface area contributed by atoms with Crippen LogP contribution in [-0.2, 0) is 22.2 Å². The highest BCUT2D eigenvalue weighted by Crippen LogP contribution is 2.42. The summed E-state index contributed by atoms with van der Waals surface area (Å²) in [5.74, 6) is -0.0738. The van der Waals surface area contributed by atoms with Gasteiger partial charge in [0.25, 0.3) is 0 Å². The van der Waals surface area contributed by atoms with E-state index in [-0.39, 0.29) is 5.52 Å². The molecule has 0 spiro atoms. The molecule has 8 heteroatoms. The van der Waals surface area contributed by atoms with Gasteiger partial charge in [-0.25, -0.2) is 4.98 Å². The smallest absolute Gasteiger partial charge is 0.274 e. The summed E-state index contributed by atoms with van der Waals surface area (Å²) in [7, 11) is 0. The molecule has 0 saturated carbocycles. The average Bonchev–Trinajstić information content (AvgIpc) is 3.21. The van der Waals surface area contributed by atoms with E-state index in [9.17, 15) is 22.8 Å². The van der Waals surface area contributed by atoms with Crippen molar-refractivity contribution in [3.8, 4) is 0 Å². The highest BCUT2D eigenvalue weighted by atomic mass is 32.2. The minimum atomic E-state index is -4.51. The number of carbonyl (C=O) groups is 2. The third-order valence-electron chi connectivity index (χ3n) is 5.23. The van der Waals surface area contributed by atoms with Crippen LogP contribution in [0.2, 0.25) is 0 Å². The maximum absolute atomic E-state index is 13.6. The molecule has 2 aromatic carbocycles. The third kappa shape index (κ3) is 4.02. The number of rotatable bonds is 3. The Bertz CT molecular complexity index is 1250. The van der Waals surface area contributed by atoms with Gasteiger partial charge in [-0.2, -0.15) is 13.2 Å². The van der Waals surface area contributed by atoms with E-state index in [1.165, 1.54) is 31.7 Å². The van der Waals surface area contributed by atoms with E-state index in [1.807, 2.05) is 0 Å². The number of amides is 2. The molecule has 0 N–H and O–H groups in total. The lowest BCUT2D eigenvalue weighted by Gasteiger charge is -2.19. The van der Waals surface area contributed by atoms with E-state index >= 15 is 0 Å². The molecule has 0 atom stereocenters. The summed E-state index contributed by atoms with van der Waals surface area (Å²) in [5.41, 5.74) is 1.52. The number of imide groups is 1. The first-order valence-electron chi connectivity index (χ1n) is 9.92. The van der Waals surface area contributed by atoms with Crippen LogP contribution in [0.25, 0.3) is 23.1 Å². The topological polar surface area (TPSA) is 50.3 Å². The summed E-state index contributed by atoms with van der Waals surface area (Å²) < 4.78 is 40.8. The van der Waals surface area contributed by atoms with Crippen molar-refractivity contribution in [3.63, 3.8) is 0 Å². The first kappa shape index (κ1) is 22.1. The van der Waals surface area contributed by atoms with E-state index in [2.05, 4.69) is 4.98 Å². The predicted molar refractivity (Wildman–Crippen MR) is 120 cm³/mol. The molecule has 4 rings (SSSR count). The average molecular weight is 456 g/mol. The van der Waals surface area contributed by atoms with E-state index in [1.54, 1.807) is 42.5 Å². The number of hydrogen-bond acceptors (Lipinski definition) is 4. The van der Waals surface area contributed by atoms with Gasteiger partial charge in [0.05, 0.1) is 22.5 Å². The molecule has 0 aliphatic carbocycles. The molecule has 164 valence electrons. The number of para-hydroxylation sites is 2. The molecule has 0 fully saturated rings. The van der Waals surface area contributed by atoms with Crippen molar-refractivity contribution in [2.24, 2.45) is 0 Å². The van der Waals surface area contributed by atoms with Crippen LogP contribution in [0.4, 0.5) is 18.9 Å². The zero-order valence-corrected chi connectivity index (χ0v) is 18.2. The van der Waals surface area contributed by atoms with E-state index in [4.69, 9.17) is 0 Å². The van der Waals surface area contributed by atoms with Crippen LogP contribution >= 0.6 is 11.8 Å². The van der Waals surface area contributed by atoms with Gasteiger partial charge in [0.2, 0.25) is 11.8 Å². The van der Waals surface area contributed by atoms with Crippen LogP contribution < -0.4 is 4.90 Å². The highest BCUT2D eigenvalue weighted by Gasteiger charge is 2.34. The molecule has 3 aromatic rings. The first-order valence-corrected chi connectivity index (χ1v) is 10.9. The number of pyridine rings is 1. The minimum Gasteiger partial charge on any atom is -0.274 e. The van der Waals surface area contributed by atoms with Gasteiger partial charge in [-0.3, -0.25) is 14.5 Å². The van der Waals surface area contributed by atoms with Gasteiger partial charge in [0.15, 0.2) is 0 Å². The number of halogens is 3. The second-order valence-electron chi connectivity index (χ2n) is 7.37. The summed E-state index contributed by atoms with van der Waals surface area (Å²) in [5, 5.41) is 0.509. The number of fused-ring (bicyclic) bond motifs is 3. The number of alkyl halides is 3. The molecule has 32 heavy (non-hydrogen) atoms. The second-order valence-corrected chi connectivity index (χ2v) is 8.47. The van der Waals surface area contributed by atoms with Crippen molar-refractivity contribution in [1.82, 2.24) is 4.98 Å². The lowest BCUT2D eigenvalue weighted by atomic mass is 10.0. The lowest BCUT2D eigenvalue weighted by molar-refractivity contribution is -0.136. The molecular formula is C24H19F3N2O2S. The number of aromatic nitrogens is 1. The molecule has 0 unspecified atom stereocenters. The second kappa shape index (κ2) is 8.43. The molecule has 2 heterocycles. The molecule has 1 aromatic heterocycles. The Kier molecular flexibility index (Phi) is 5.81. The fraction of sp³-hybridized carbons (Fsp3) is 0.208. The van der Waals surface area contributed by atoms with Crippen molar-refractivity contribution in [2.75, 3.05) is 10.7 Å². The normalized spacial score (nSPS) is 13.5. The van der Waals surface area contributed by atoms with Crippen LogP contribution in [-0.4, -0.2) is 22.6 Å². The van der Waals surface area contributed by atoms with Crippen LogP contribution in [0.3, 0.4) is 0 Å². The Morgan fingerprint density at radius 1 is 1.03 bits per heavy atom. The van der Waals surface area contributed by atoms with Crippen LogP contribution in [0, 0.1) is 0 Å². The van der Waals surface area contributed by atoms with Gasteiger partial charge >= 0.3 is 6.18 Å². The zero-order valence-electron chi connectivity index (χ0n) is 17.4. The van der Waals surface area contributed by atoms with Gasteiger partial charge in [-0.15, -0.1) is 11.8 Å². The Balaban J connectivity index is 1.87. The molecule has 1 aliphatic heterocycles. The molecule has 2 amide bonds. The quantitative estimate of drug-likeness (QED) is 0.487. The maximum atomic E-state index is 13.6. The Morgan fingerprint density at radius 3 is 2.44 bits per heavy atom. The van der Waals surface area contributed by atoms with Crippen molar-refractivity contribution < 1.29 is 22.8 Å². The molecular weight excluding hydrogens is 437 g/mol. The summed E-state index contributed by atoms with van der Waals surface area (Å²) in [6.45, 7) is 2.60. The van der Waals surface area contributed by atoms with E-state index in [0.717, 1.165) is 27.2 Å². The lowest BCUT2D eigenvalue weighted by Crippen LogP contribution is -2.33. The van der Waals surface area contributed by atoms with Gasteiger partial charge in [-0.05, 0) is 35.8 Å². The minimum absolute atomic E-state index is 0.0739. The van der Waals surface area contributed by atoms with E-state index in [0.29, 0.717) is 28.8 Å². The van der Waals surface area contributed by atoms with Crippen LogP contribution in [0.5, 0.6) is 0 Å². The highest BCUT2D eigenvalue weighted by molar-refractivity contribution is 7.99. The number of anilines is 1. The van der Waals surface area contributed by atoms with Crippen molar-refractivity contribution in [2.45, 2.75) is 31.3 Å². The largest absolute Gasteiger partial charge is 0.418 e. The summed E-state index contributed by atoms with van der Waals surface area (Å²) in [6, 6.07) is 11.0. The Morgan fingerprint density at radius 2 is 1.75 bits per heavy atom. The Labute approximate surface area is 187 Å². The fourth-order valence-corrected chi connectivity index (χ4v) is 5.12. The molecule has 0 bridgehead atoms. The maximum Gasteiger partial charge on any atom is 0.418 e. The standard InChI is InChI=1S/C24H19F3N2O2S/c1-14(30)29(15(2)31)21-9-4-3-6-16(21)10-11-20-17-12-13-32-23(17)18-7-5-8-19(22(18)28-20)24(25,26)27/h3-11H,12-13H2,1-2H3. The summed E-state index contributed by atoms with van der Waals surface area (Å²) in [4.78, 5) is 30.3. The molecule has 4 nitrogen and oxygen atoms in total. The third-order valence-corrected chi connectivity index (χ3v) is 6.39. The zero-order chi connectivity index (χ0) is 23.0. The van der Waals surface area contributed by atoms with Crippen molar-refractivity contribution >= 4 is 52.3 Å². The van der Waals surface area contributed by atoms with Crippen LogP contribution in [0.15, 0.2) is 47.4 Å². The first-order chi connectivity index (χ1) is 15.2. The monoisotopic (exact) mass is 456 g/mol. The summed E-state index contributed by atoms with van der Waals surface area (Å²) >= 11 is 1.53. The number of carbonyl (C=O) groups excluding carboxylic acids is 2. The SMILES string of the molecule is CC(=O)N(C(C)=O)c1ccccc1C=Cc1nc2c(C(F)(F)F)cccc2c2c1CCS2. The summed E-state index contributed by atoms with van der Waals surface area (Å²) in [6.07, 6.45) is -0.467. The number of thioether (sulfide) groups is 1. The van der Waals surface area contributed by atoms with Gasteiger partial charge < -0.3 is 0 Å². The van der Waals surface area contributed by atoms with E-state index < -0.39 is 23.6 Å². The molecule has 1 aliphatic rings. The molecule has 0 saturated heterocycles. The van der Waals surface area contributed by atoms with Crippen LogP contribution in [0.1, 0.15) is 36.2 Å². The van der Waals surface area contributed by atoms with Crippen molar-refractivity contribution in [1.29, 1.82) is 0 Å². The van der Waals surface area contributed by atoms with Gasteiger partial charge in [-0.1, -0.05) is 36.4 Å². The van der Waals surface area contributed by atoms with Gasteiger partial charge in [0.1, 0.15) is 0 Å². The fourth-order valence-electron chi connectivity index (χ4n) is 3.90. The molecule has 0 radical (unpaired) electrons. The Hall–Kier alpha value is -3.13.